The third-order valence-corrected chi connectivity index (χ3v) is 3.32. The predicted octanol–water partition coefficient (Wildman–Crippen LogP) is 3.84. The molecule has 0 fully saturated rings. The molecule has 2 aromatic rings. The van der Waals surface area contributed by atoms with Gasteiger partial charge in [0.25, 0.3) is 5.91 Å². The molecule has 0 spiro atoms. The van der Waals surface area contributed by atoms with Crippen molar-refractivity contribution in [3.05, 3.63) is 64.4 Å². The number of hydrogen-bond acceptors (Lipinski definition) is 2. The largest absolute Gasteiger partial charge is 0.322 e. The topological polar surface area (TPSA) is 41.1 Å². The zero-order valence-corrected chi connectivity index (χ0v) is 12.4. The van der Waals surface area contributed by atoms with Crippen molar-refractivity contribution in [3.63, 3.8) is 0 Å². The van der Waals surface area contributed by atoms with Gasteiger partial charge in [-0.25, -0.2) is 4.39 Å². The molecule has 21 heavy (non-hydrogen) atoms. The highest BCUT2D eigenvalue weighted by Crippen LogP contribution is 2.20. The molecule has 0 unspecified atom stereocenters. The summed E-state index contributed by atoms with van der Waals surface area (Å²) < 4.78 is 13.9. The minimum atomic E-state index is -0.708. The molecule has 0 saturated carbocycles. The molecule has 110 valence electrons. The van der Waals surface area contributed by atoms with Gasteiger partial charge in [0.15, 0.2) is 5.82 Å². The third kappa shape index (κ3) is 3.80. The molecule has 0 heterocycles. The lowest BCUT2D eigenvalue weighted by Crippen LogP contribution is -2.18. The van der Waals surface area contributed by atoms with E-state index in [1.807, 2.05) is 25.1 Å². The Bertz CT molecular complexity index is 646. The van der Waals surface area contributed by atoms with E-state index < -0.39 is 11.7 Å². The van der Waals surface area contributed by atoms with E-state index in [0.29, 0.717) is 12.2 Å². The first-order valence-corrected chi connectivity index (χ1v) is 7.05. The molecule has 0 aromatic heterocycles. The molecule has 2 N–H and O–H groups in total. The summed E-state index contributed by atoms with van der Waals surface area (Å²) >= 11 is 5.70. The lowest BCUT2D eigenvalue weighted by molar-refractivity contribution is 0.102. The minimum absolute atomic E-state index is 0.0661. The second kappa shape index (κ2) is 7.20. The standard InChI is InChI=1S/C16H16ClFN2O/c1-2-19-10-11-6-3-4-9-14(11)20-16(21)12-7-5-8-13(17)15(12)18/h3-9,19H,2,10H2,1H3,(H,20,21). The number of benzene rings is 2. The van der Waals surface area contributed by atoms with Gasteiger partial charge in [-0.05, 0) is 30.3 Å². The lowest BCUT2D eigenvalue weighted by Gasteiger charge is -2.12. The summed E-state index contributed by atoms with van der Waals surface area (Å²) in [6.45, 7) is 3.46. The molecule has 1 amide bonds. The maximum atomic E-state index is 13.9. The van der Waals surface area contributed by atoms with Gasteiger partial charge in [-0.15, -0.1) is 0 Å². The fourth-order valence-corrected chi connectivity index (χ4v) is 2.10. The maximum Gasteiger partial charge on any atom is 0.258 e. The van der Waals surface area contributed by atoms with Crippen molar-refractivity contribution in [1.29, 1.82) is 0 Å². The van der Waals surface area contributed by atoms with Crippen molar-refractivity contribution in [1.82, 2.24) is 5.32 Å². The van der Waals surface area contributed by atoms with Crippen LogP contribution in [0.1, 0.15) is 22.8 Å². The molecule has 0 aliphatic carbocycles. The Morgan fingerprint density at radius 1 is 1.19 bits per heavy atom. The van der Waals surface area contributed by atoms with Crippen LogP contribution in [-0.4, -0.2) is 12.5 Å². The summed E-state index contributed by atoms with van der Waals surface area (Å²) in [4.78, 5) is 12.2. The Morgan fingerprint density at radius 2 is 1.95 bits per heavy atom. The number of amides is 1. The van der Waals surface area contributed by atoms with Crippen molar-refractivity contribution >= 4 is 23.2 Å². The molecule has 0 aliphatic rings. The van der Waals surface area contributed by atoms with Crippen LogP contribution in [-0.2, 0) is 6.54 Å². The number of nitrogens with one attached hydrogen (secondary N) is 2. The van der Waals surface area contributed by atoms with Crippen molar-refractivity contribution in [2.24, 2.45) is 0 Å². The number of halogens is 2. The summed E-state index contributed by atoms with van der Waals surface area (Å²) in [5.74, 6) is -1.22. The van der Waals surface area contributed by atoms with E-state index in [0.717, 1.165) is 12.1 Å². The van der Waals surface area contributed by atoms with Gasteiger partial charge in [0, 0.05) is 12.2 Å². The van der Waals surface area contributed by atoms with E-state index in [-0.39, 0.29) is 10.6 Å². The molecule has 0 radical (unpaired) electrons. The quantitative estimate of drug-likeness (QED) is 0.881. The Balaban J connectivity index is 2.22. The average molecular weight is 307 g/mol. The van der Waals surface area contributed by atoms with Crippen LogP contribution >= 0.6 is 11.6 Å². The number of rotatable bonds is 5. The summed E-state index contributed by atoms with van der Waals surface area (Å²) in [6.07, 6.45) is 0. The molecule has 0 bridgehead atoms. The fraction of sp³-hybridized carbons (Fsp3) is 0.188. The van der Waals surface area contributed by atoms with E-state index in [1.165, 1.54) is 12.1 Å². The molecule has 2 aromatic carbocycles. The van der Waals surface area contributed by atoms with E-state index in [9.17, 15) is 9.18 Å². The van der Waals surface area contributed by atoms with Crippen LogP contribution in [0.15, 0.2) is 42.5 Å². The van der Waals surface area contributed by atoms with E-state index in [1.54, 1.807) is 12.1 Å². The van der Waals surface area contributed by atoms with Crippen LogP contribution in [0.2, 0.25) is 5.02 Å². The molecule has 0 saturated heterocycles. The molecule has 5 heteroatoms. The van der Waals surface area contributed by atoms with Crippen LogP contribution in [0, 0.1) is 5.82 Å². The van der Waals surface area contributed by atoms with Crippen LogP contribution in [0.3, 0.4) is 0 Å². The first-order valence-electron chi connectivity index (χ1n) is 6.67. The fourth-order valence-electron chi connectivity index (χ4n) is 1.92. The molecule has 0 aliphatic heterocycles. The first-order chi connectivity index (χ1) is 10.1. The van der Waals surface area contributed by atoms with Crippen molar-refractivity contribution in [2.75, 3.05) is 11.9 Å². The van der Waals surface area contributed by atoms with Crippen LogP contribution < -0.4 is 10.6 Å². The SMILES string of the molecule is CCNCc1ccccc1NC(=O)c1cccc(Cl)c1F. The molecular formula is C16H16ClFN2O. The molecule has 2 rings (SSSR count). The Morgan fingerprint density at radius 3 is 2.71 bits per heavy atom. The predicted molar refractivity (Wildman–Crippen MR) is 83.2 cm³/mol. The molecular weight excluding hydrogens is 291 g/mol. The first kappa shape index (κ1) is 15.5. The van der Waals surface area contributed by atoms with Gasteiger partial charge in [-0.2, -0.15) is 0 Å². The van der Waals surface area contributed by atoms with Gasteiger partial charge < -0.3 is 10.6 Å². The van der Waals surface area contributed by atoms with E-state index in [2.05, 4.69) is 10.6 Å². The number of carbonyl (C=O) groups excluding carboxylic acids is 1. The van der Waals surface area contributed by atoms with Gasteiger partial charge >= 0.3 is 0 Å². The van der Waals surface area contributed by atoms with Crippen molar-refractivity contribution in [3.8, 4) is 0 Å². The van der Waals surface area contributed by atoms with Gasteiger partial charge in [0.05, 0.1) is 10.6 Å². The lowest BCUT2D eigenvalue weighted by atomic mass is 10.1. The monoisotopic (exact) mass is 306 g/mol. The molecule has 0 atom stereocenters. The summed E-state index contributed by atoms with van der Waals surface area (Å²) in [6, 6.07) is 11.8. The number of para-hydroxylation sites is 1. The molecule has 3 nitrogen and oxygen atoms in total. The third-order valence-electron chi connectivity index (χ3n) is 3.03. The summed E-state index contributed by atoms with van der Waals surface area (Å²) in [5.41, 5.74) is 1.53. The maximum absolute atomic E-state index is 13.9. The normalized spacial score (nSPS) is 10.4. The number of hydrogen-bond donors (Lipinski definition) is 2. The van der Waals surface area contributed by atoms with Crippen LogP contribution in [0.4, 0.5) is 10.1 Å². The van der Waals surface area contributed by atoms with Gasteiger partial charge in [-0.3, -0.25) is 4.79 Å². The zero-order chi connectivity index (χ0) is 15.2. The Labute approximate surface area is 128 Å². The number of carbonyl (C=O) groups is 1. The second-order valence-electron chi connectivity index (χ2n) is 4.49. The van der Waals surface area contributed by atoms with E-state index >= 15 is 0 Å². The van der Waals surface area contributed by atoms with Crippen molar-refractivity contribution < 1.29 is 9.18 Å². The highest BCUT2D eigenvalue weighted by molar-refractivity contribution is 6.31. The van der Waals surface area contributed by atoms with Gasteiger partial charge in [-0.1, -0.05) is 42.8 Å². The Kier molecular flexibility index (Phi) is 5.31. The second-order valence-corrected chi connectivity index (χ2v) is 4.90. The van der Waals surface area contributed by atoms with Gasteiger partial charge in [0.2, 0.25) is 0 Å². The summed E-state index contributed by atoms with van der Waals surface area (Å²) in [5, 5.41) is 5.85. The van der Waals surface area contributed by atoms with Gasteiger partial charge in [0.1, 0.15) is 0 Å². The van der Waals surface area contributed by atoms with E-state index in [4.69, 9.17) is 11.6 Å². The Hall–Kier alpha value is -1.91. The summed E-state index contributed by atoms with van der Waals surface area (Å²) in [7, 11) is 0. The zero-order valence-electron chi connectivity index (χ0n) is 11.6. The van der Waals surface area contributed by atoms with Crippen LogP contribution in [0.5, 0.6) is 0 Å². The van der Waals surface area contributed by atoms with Crippen molar-refractivity contribution in [2.45, 2.75) is 13.5 Å². The average Bonchev–Trinajstić information content (AvgIpc) is 2.49. The minimum Gasteiger partial charge on any atom is -0.322 e. The highest BCUT2D eigenvalue weighted by Gasteiger charge is 2.15. The van der Waals surface area contributed by atoms with Crippen LogP contribution in [0.25, 0.3) is 0 Å². The smallest absolute Gasteiger partial charge is 0.258 e. The highest BCUT2D eigenvalue weighted by atomic mass is 35.5. The number of anilines is 1.